The fraction of sp³-hybridized carbons (Fsp3) is 0.211. The van der Waals surface area contributed by atoms with E-state index in [2.05, 4.69) is 20.2 Å². The van der Waals surface area contributed by atoms with Crippen LogP contribution < -0.4 is 5.32 Å². The van der Waals surface area contributed by atoms with Gasteiger partial charge < -0.3 is 19.3 Å². The van der Waals surface area contributed by atoms with Crippen LogP contribution in [0.1, 0.15) is 22.7 Å². The van der Waals surface area contributed by atoms with E-state index in [1.54, 1.807) is 18.2 Å². The lowest BCUT2D eigenvalue weighted by Gasteiger charge is -2.09. The van der Waals surface area contributed by atoms with Crippen LogP contribution in [0.25, 0.3) is 11.4 Å². The predicted molar refractivity (Wildman–Crippen MR) is 103 cm³/mol. The van der Waals surface area contributed by atoms with Gasteiger partial charge in [-0.3, -0.25) is 9.59 Å². The summed E-state index contributed by atoms with van der Waals surface area (Å²) in [5, 5.41) is 10.2. The van der Waals surface area contributed by atoms with Crippen molar-refractivity contribution < 1.29 is 28.4 Å². The molecule has 0 saturated carbocycles. The molecule has 1 N–H and O–H groups in total. The van der Waals surface area contributed by atoms with E-state index in [0.29, 0.717) is 11.7 Å². The van der Waals surface area contributed by atoms with E-state index in [1.165, 1.54) is 24.5 Å². The Kier molecular flexibility index (Phi) is 6.69. The number of aryl methyl sites for hydroxylation is 1. The highest BCUT2D eigenvalue weighted by Crippen LogP contribution is 2.19. The highest BCUT2D eigenvalue weighted by molar-refractivity contribution is 7.08. The molecule has 9 nitrogen and oxygen atoms in total. The summed E-state index contributed by atoms with van der Waals surface area (Å²) in [6.07, 6.45) is 0.181. The molecule has 0 aliphatic carbocycles. The van der Waals surface area contributed by atoms with E-state index in [9.17, 15) is 14.4 Å². The molecule has 0 aliphatic rings. The topological polar surface area (TPSA) is 121 Å². The summed E-state index contributed by atoms with van der Waals surface area (Å²) in [5.74, 6) is -0.985. The predicted octanol–water partition coefficient (Wildman–Crippen LogP) is 2.70. The van der Waals surface area contributed by atoms with Crippen molar-refractivity contribution >= 4 is 34.9 Å². The normalized spacial score (nSPS) is 10.4. The van der Waals surface area contributed by atoms with Crippen molar-refractivity contribution in [2.45, 2.75) is 12.8 Å². The van der Waals surface area contributed by atoms with Gasteiger partial charge in [0.2, 0.25) is 11.7 Å². The maximum Gasteiger partial charge on any atom is 0.339 e. The molecular weight excluding hydrogens is 398 g/mol. The number of hydrogen-bond acceptors (Lipinski definition) is 9. The van der Waals surface area contributed by atoms with Crippen molar-refractivity contribution in [3.05, 3.63) is 52.5 Å². The first-order valence-electron chi connectivity index (χ1n) is 8.55. The lowest BCUT2D eigenvalue weighted by Crippen LogP contribution is -2.22. The van der Waals surface area contributed by atoms with Crippen LogP contribution in [0.15, 0.2) is 45.6 Å². The molecule has 0 aliphatic heterocycles. The summed E-state index contributed by atoms with van der Waals surface area (Å²) in [7, 11) is 1.25. The molecule has 2 heterocycles. The molecular formula is C19H17N3O6S. The fourth-order valence-electron chi connectivity index (χ4n) is 2.36. The smallest absolute Gasteiger partial charge is 0.339 e. The lowest BCUT2D eigenvalue weighted by atomic mass is 10.2. The molecule has 1 aromatic carbocycles. The number of carbonyl (C=O) groups is 3. The van der Waals surface area contributed by atoms with Gasteiger partial charge in [0.1, 0.15) is 0 Å². The van der Waals surface area contributed by atoms with Gasteiger partial charge in [-0.2, -0.15) is 16.3 Å². The highest BCUT2D eigenvalue weighted by atomic mass is 32.1. The molecule has 3 rings (SSSR count). The van der Waals surface area contributed by atoms with Crippen molar-refractivity contribution in [3.8, 4) is 11.4 Å². The monoisotopic (exact) mass is 415 g/mol. The number of benzene rings is 1. The van der Waals surface area contributed by atoms with Crippen LogP contribution in [0.4, 0.5) is 5.69 Å². The Morgan fingerprint density at radius 3 is 2.79 bits per heavy atom. The number of esters is 2. The molecule has 0 spiro atoms. The number of rotatable bonds is 8. The Morgan fingerprint density at radius 1 is 1.21 bits per heavy atom. The number of amides is 1. The minimum Gasteiger partial charge on any atom is -0.465 e. The lowest BCUT2D eigenvalue weighted by molar-refractivity contribution is -0.147. The molecule has 1 amide bonds. The number of methoxy groups -OCH3 is 1. The third-order valence-corrected chi connectivity index (χ3v) is 4.44. The van der Waals surface area contributed by atoms with Crippen molar-refractivity contribution in [2.24, 2.45) is 0 Å². The number of hydrogen-bond donors (Lipinski definition) is 1. The van der Waals surface area contributed by atoms with Crippen LogP contribution in [0.2, 0.25) is 0 Å². The van der Waals surface area contributed by atoms with E-state index in [1.807, 2.05) is 16.8 Å². The van der Waals surface area contributed by atoms with Crippen LogP contribution in [-0.4, -0.2) is 41.7 Å². The zero-order chi connectivity index (χ0) is 20.6. The average Bonchev–Trinajstić information content (AvgIpc) is 3.42. The van der Waals surface area contributed by atoms with Crippen molar-refractivity contribution in [1.82, 2.24) is 10.1 Å². The molecule has 2 aromatic heterocycles. The van der Waals surface area contributed by atoms with Gasteiger partial charge in [0.05, 0.1) is 24.8 Å². The molecule has 0 unspecified atom stereocenters. The third kappa shape index (κ3) is 5.48. The number of thiophene rings is 1. The largest absolute Gasteiger partial charge is 0.465 e. The van der Waals surface area contributed by atoms with Crippen LogP contribution in [0, 0.1) is 0 Å². The summed E-state index contributed by atoms with van der Waals surface area (Å²) < 4.78 is 14.7. The summed E-state index contributed by atoms with van der Waals surface area (Å²) >= 11 is 1.52. The van der Waals surface area contributed by atoms with Crippen LogP contribution in [0.3, 0.4) is 0 Å². The van der Waals surface area contributed by atoms with Gasteiger partial charge in [-0.05, 0) is 23.6 Å². The highest BCUT2D eigenvalue weighted by Gasteiger charge is 2.15. The first-order valence-corrected chi connectivity index (χ1v) is 9.49. The zero-order valence-electron chi connectivity index (χ0n) is 15.4. The van der Waals surface area contributed by atoms with Gasteiger partial charge in [-0.1, -0.05) is 17.3 Å². The molecule has 0 radical (unpaired) electrons. The molecule has 0 saturated heterocycles. The standard InChI is InChI=1S/C19H17N3O6S/c1-26-19(25)13-4-2-3-5-14(13)20-15(23)10-27-17(24)7-6-16-21-18(22-28-16)12-8-9-29-11-12/h2-5,8-9,11H,6-7,10H2,1H3,(H,20,23). The van der Waals surface area contributed by atoms with Gasteiger partial charge >= 0.3 is 11.9 Å². The molecule has 0 atom stereocenters. The van der Waals surface area contributed by atoms with Gasteiger partial charge in [0.25, 0.3) is 5.91 Å². The first kappa shape index (κ1) is 20.2. The number of nitrogens with zero attached hydrogens (tertiary/aromatic N) is 2. The van der Waals surface area contributed by atoms with E-state index in [4.69, 9.17) is 9.26 Å². The van der Waals surface area contributed by atoms with Crippen LogP contribution in [0.5, 0.6) is 0 Å². The minimum absolute atomic E-state index is 0.0166. The number of carbonyl (C=O) groups excluding carboxylic acids is 3. The molecule has 3 aromatic rings. The quantitative estimate of drug-likeness (QED) is 0.558. The van der Waals surface area contributed by atoms with Crippen molar-refractivity contribution in [3.63, 3.8) is 0 Å². The Hall–Kier alpha value is -3.53. The minimum atomic E-state index is -0.586. The van der Waals surface area contributed by atoms with Crippen LogP contribution >= 0.6 is 11.3 Å². The van der Waals surface area contributed by atoms with Crippen molar-refractivity contribution in [2.75, 3.05) is 19.0 Å². The third-order valence-electron chi connectivity index (χ3n) is 3.76. The second-order valence-electron chi connectivity index (χ2n) is 5.77. The number of anilines is 1. The Morgan fingerprint density at radius 2 is 2.03 bits per heavy atom. The first-order chi connectivity index (χ1) is 14.1. The van der Waals surface area contributed by atoms with Crippen LogP contribution in [-0.2, 0) is 25.5 Å². The van der Waals surface area contributed by atoms with Gasteiger partial charge in [0.15, 0.2) is 6.61 Å². The molecule has 0 fully saturated rings. The van der Waals surface area contributed by atoms with E-state index in [-0.39, 0.29) is 24.1 Å². The van der Waals surface area contributed by atoms with E-state index >= 15 is 0 Å². The Labute approximate surface area is 169 Å². The maximum atomic E-state index is 12.0. The molecule has 10 heteroatoms. The number of nitrogens with one attached hydrogen (secondary N) is 1. The fourth-order valence-corrected chi connectivity index (χ4v) is 2.99. The second-order valence-corrected chi connectivity index (χ2v) is 6.55. The van der Waals surface area contributed by atoms with Gasteiger partial charge in [-0.25, -0.2) is 4.79 Å². The summed E-state index contributed by atoms with van der Waals surface area (Å²) in [6.45, 7) is -0.488. The number of para-hydroxylation sites is 1. The summed E-state index contributed by atoms with van der Waals surface area (Å²) in [6, 6.07) is 8.23. The molecule has 150 valence electrons. The Bertz CT molecular complexity index is 999. The van der Waals surface area contributed by atoms with Crippen molar-refractivity contribution in [1.29, 1.82) is 0 Å². The second kappa shape index (κ2) is 9.60. The summed E-state index contributed by atoms with van der Waals surface area (Å²) in [5.41, 5.74) is 1.32. The molecule has 0 bridgehead atoms. The Balaban J connectivity index is 1.45. The van der Waals surface area contributed by atoms with Gasteiger partial charge in [-0.15, -0.1) is 0 Å². The maximum absolute atomic E-state index is 12.0. The van der Waals surface area contributed by atoms with E-state index < -0.39 is 24.5 Å². The SMILES string of the molecule is COC(=O)c1ccccc1NC(=O)COC(=O)CCc1nc(-c2ccsc2)no1. The zero-order valence-corrected chi connectivity index (χ0v) is 16.2. The average molecular weight is 415 g/mol. The number of ether oxygens (including phenoxy) is 2. The molecule has 29 heavy (non-hydrogen) atoms. The number of aromatic nitrogens is 2. The van der Waals surface area contributed by atoms with E-state index in [0.717, 1.165) is 5.56 Å². The summed E-state index contributed by atoms with van der Waals surface area (Å²) in [4.78, 5) is 39.8. The van der Waals surface area contributed by atoms with Gasteiger partial charge in [0, 0.05) is 17.4 Å².